The summed E-state index contributed by atoms with van der Waals surface area (Å²) in [6.07, 6.45) is 5.22. The largest absolute Gasteiger partial charge is 0.472 e. The Bertz CT molecular complexity index is 1180. The number of benzene rings is 1. The van der Waals surface area contributed by atoms with Crippen molar-refractivity contribution in [3.05, 3.63) is 71.9 Å². The predicted octanol–water partition coefficient (Wildman–Crippen LogP) is 4.03. The Morgan fingerprint density at radius 1 is 1.11 bits per heavy atom. The highest BCUT2D eigenvalue weighted by Gasteiger charge is 2.61. The van der Waals surface area contributed by atoms with Crippen molar-refractivity contribution in [1.29, 1.82) is 0 Å². The molecule has 1 aliphatic heterocycles. The van der Waals surface area contributed by atoms with Crippen molar-refractivity contribution in [3.8, 4) is 0 Å². The van der Waals surface area contributed by atoms with Gasteiger partial charge < -0.3 is 18.6 Å². The normalized spacial score (nSPS) is 31.9. The first kappa shape index (κ1) is 23.1. The summed E-state index contributed by atoms with van der Waals surface area (Å²) in [7, 11) is 1.29. The van der Waals surface area contributed by atoms with Gasteiger partial charge in [0, 0.05) is 11.5 Å². The molecule has 2 aliphatic carbocycles. The van der Waals surface area contributed by atoms with Gasteiger partial charge in [-0.2, -0.15) is 0 Å². The van der Waals surface area contributed by atoms with Gasteiger partial charge in [-0.15, -0.1) is 0 Å². The molecule has 8 heteroatoms. The van der Waals surface area contributed by atoms with Crippen LogP contribution in [0.4, 0.5) is 0 Å². The Kier molecular flexibility index (Phi) is 5.83. The number of carbonyl (C=O) groups is 4. The summed E-state index contributed by atoms with van der Waals surface area (Å²) in [6, 6.07) is 10.0. The lowest BCUT2D eigenvalue weighted by molar-refractivity contribution is -0.181. The molecular weight excluding hydrogens is 452 g/mol. The fraction of sp³-hybridized carbons (Fsp3) is 0.407. The van der Waals surface area contributed by atoms with Crippen molar-refractivity contribution in [2.75, 3.05) is 7.11 Å². The van der Waals surface area contributed by atoms with Gasteiger partial charge >= 0.3 is 17.9 Å². The molecule has 182 valence electrons. The Morgan fingerprint density at radius 3 is 2.57 bits per heavy atom. The van der Waals surface area contributed by atoms with E-state index in [1.165, 1.54) is 25.7 Å². The summed E-state index contributed by atoms with van der Waals surface area (Å²) < 4.78 is 21.5. The van der Waals surface area contributed by atoms with E-state index in [1.54, 1.807) is 36.4 Å². The molecular formula is C27H26O8. The summed E-state index contributed by atoms with van der Waals surface area (Å²) >= 11 is 0. The average molecular weight is 478 g/mol. The first-order valence-corrected chi connectivity index (χ1v) is 11.7. The zero-order valence-electron chi connectivity index (χ0n) is 19.5. The smallest absolute Gasteiger partial charge is 0.343 e. The maximum absolute atomic E-state index is 13.9. The topological polar surface area (TPSA) is 109 Å². The van der Waals surface area contributed by atoms with E-state index in [0.717, 1.165) is 0 Å². The lowest BCUT2D eigenvalue weighted by Gasteiger charge is -2.53. The molecule has 35 heavy (non-hydrogen) atoms. The fourth-order valence-corrected chi connectivity index (χ4v) is 6.04. The fourth-order valence-electron chi connectivity index (χ4n) is 6.04. The number of Topliss-reactive ketones (excluding diaryl/α,β-unsaturated/α-hetero) is 1. The first-order chi connectivity index (χ1) is 16.8. The van der Waals surface area contributed by atoms with Crippen LogP contribution in [-0.2, 0) is 28.6 Å². The van der Waals surface area contributed by atoms with E-state index in [0.29, 0.717) is 24.8 Å². The number of ketones is 1. The maximum Gasteiger partial charge on any atom is 0.343 e. The number of furan rings is 1. The molecule has 5 rings (SSSR count). The number of hydrogen-bond donors (Lipinski definition) is 0. The van der Waals surface area contributed by atoms with E-state index in [4.69, 9.17) is 18.6 Å². The third-order valence-corrected chi connectivity index (χ3v) is 7.83. The van der Waals surface area contributed by atoms with Gasteiger partial charge in [0.25, 0.3) is 0 Å². The van der Waals surface area contributed by atoms with E-state index in [-0.39, 0.29) is 23.1 Å². The van der Waals surface area contributed by atoms with Crippen LogP contribution < -0.4 is 0 Å². The molecule has 0 N–H and O–H groups in total. The van der Waals surface area contributed by atoms with Crippen molar-refractivity contribution < 1.29 is 37.8 Å². The highest BCUT2D eigenvalue weighted by molar-refractivity contribution is 6.03. The second-order valence-electron chi connectivity index (χ2n) is 9.66. The number of cyclic esters (lactones) is 1. The quantitative estimate of drug-likeness (QED) is 0.479. The number of allylic oxidation sites excluding steroid dienone is 1. The molecule has 0 spiro atoms. The molecule has 1 aromatic heterocycles. The maximum atomic E-state index is 13.9. The van der Waals surface area contributed by atoms with Gasteiger partial charge in [-0.25, -0.2) is 4.79 Å². The van der Waals surface area contributed by atoms with Crippen molar-refractivity contribution in [1.82, 2.24) is 0 Å². The van der Waals surface area contributed by atoms with Gasteiger partial charge in [0.1, 0.15) is 6.10 Å². The lowest BCUT2D eigenvalue weighted by Crippen LogP contribution is -2.56. The molecule has 1 saturated heterocycles. The first-order valence-electron chi connectivity index (χ1n) is 11.7. The number of esters is 3. The number of methoxy groups -OCH3 is 1. The van der Waals surface area contributed by atoms with Crippen LogP contribution in [0.2, 0.25) is 0 Å². The molecule has 6 atom stereocenters. The Hall–Kier alpha value is -3.68. The number of hydrogen-bond acceptors (Lipinski definition) is 8. The highest BCUT2D eigenvalue weighted by atomic mass is 16.6. The minimum absolute atomic E-state index is 0.184. The molecule has 1 saturated carbocycles. The second-order valence-corrected chi connectivity index (χ2v) is 9.66. The molecule has 1 aromatic carbocycles. The SMILES string of the molecule is COC(=O)C1C=C(OC(=O)c2ccccc2)C(=O)C2C3CC(c4ccoc4)OC(=O)C3CCC12C. The van der Waals surface area contributed by atoms with Crippen LogP contribution in [0.1, 0.15) is 48.2 Å². The number of ether oxygens (including phenoxy) is 3. The summed E-state index contributed by atoms with van der Waals surface area (Å²) in [4.78, 5) is 52.5. The molecule has 2 fully saturated rings. The van der Waals surface area contributed by atoms with Crippen molar-refractivity contribution >= 4 is 23.7 Å². The van der Waals surface area contributed by atoms with Crippen molar-refractivity contribution in [2.45, 2.75) is 32.3 Å². The zero-order valence-corrected chi connectivity index (χ0v) is 19.5. The van der Waals surface area contributed by atoms with Gasteiger partial charge in [-0.1, -0.05) is 25.1 Å². The van der Waals surface area contributed by atoms with E-state index in [1.807, 2.05) is 6.92 Å². The van der Waals surface area contributed by atoms with E-state index in [2.05, 4.69) is 0 Å². The van der Waals surface area contributed by atoms with Gasteiger partial charge in [-0.05, 0) is 54.9 Å². The Labute approximate surface area is 202 Å². The summed E-state index contributed by atoms with van der Waals surface area (Å²) in [5.74, 6) is -4.55. The van der Waals surface area contributed by atoms with E-state index in [9.17, 15) is 19.2 Å². The van der Waals surface area contributed by atoms with Crippen LogP contribution in [0.5, 0.6) is 0 Å². The molecule has 0 bridgehead atoms. The van der Waals surface area contributed by atoms with Gasteiger partial charge in [0.15, 0.2) is 5.76 Å². The standard InChI is InChI=1S/C27H26O8/c1-27-10-8-17-18(12-20(34-25(17)30)16-9-11-33-14-16)22(27)23(28)21(13-19(27)26(31)32-2)35-24(29)15-6-4-3-5-7-15/h3-7,9,11,13-14,17-20,22H,8,10,12H2,1-2H3. The third kappa shape index (κ3) is 3.87. The molecule has 2 aromatic rings. The third-order valence-electron chi connectivity index (χ3n) is 7.83. The van der Waals surface area contributed by atoms with E-state index >= 15 is 0 Å². The number of rotatable bonds is 4. The molecule has 6 unspecified atom stereocenters. The minimum atomic E-state index is -0.806. The highest BCUT2D eigenvalue weighted by Crippen LogP contribution is 2.59. The van der Waals surface area contributed by atoms with Crippen LogP contribution in [0.25, 0.3) is 0 Å². The second kappa shape index (κ2) is 8.83. The monoisotopic (exact) mass is 478 g/mol. The molecule has 0 amide bonds. The van der Waals surface area contributed by atoms with Crippen LogP contribution in [0.3, 0.4) is 0 Å². The number of carbonyl (C=O) groups excluding carboxylic acids is 4. The van der Waals surface area contributed by atoms with Gasteiger partial charge in [-0.3, -0.25) is 14.4 Å². The summed E-state index contributed by atoms with van der Waals surface area (Å²) in [5, 5.41) is 0. The Balaban J connectivity index is 1.53. The predicted molar refractivity (Wildman–Crippen MR) is 120 cm³/mol. The molecule has 0 radical (unpaired) electrons. The molecule has 2 heterocycles. The van der Waals surface area contributed by atoms with Crippen LogP contribution in [-0.4, -0.2) is 30.8 Å². The molecule has 3 aliphatic rings. The van der Waals surface area contributed by atoms with Crippen molar-refractivity contribution in [3.63, 3.8) is 0 Å². The molecule has 8 nitrogen and oxygen atoms in total. The summed E-state index contributed by atoms with van der Waals surface area (Å²) in [5.41, 5.74) is 0.196. The van der Waals surface area contributed by atoms with Crippen LogP contribution in [0.15, 0.2) is 65.2 Å². The lowest BCUT2D eigenvalue weighted by atomic mass is 9.50. The van der Waals surface area contributed by atoms with Crippen molar-refractivity contribution in [2.24, 2.45) is 29.1 Å². The zero-order chi connectivity index (χ0) is 24.7. The van der Waals surface area contributed by atoms with Gasteiger partial charge in [0.2, 0.25) is 5.78 Å². The average Bonchev–Trinajstić information content (AvgIpc) is 3.40. The van der Waals surface area contributed by atoms with E-state index < -0.39 is 47.1 Å². The Morgan fingerprint density at radius 2 is 1.89 bits per heavy atom. The van der Waals surface area contributed by atoms with Crippen LogP contribution in [0, 0.1) is 29.1 Å². The van der Waals surface area contributed by atoms with Crippen LogP contribution >= 0.6 is 0 Å². The van der Waals surface area contributed by atoms with Gasteiger partial charge in [0.05, 0.1) is 37.0 Å². The summed E-state index contributed by atoms with van der Waals surface area (Å²) in [6.45, 7) is 1.88. The minimum Gasteiger partial charge on any atom is -0.472 e. The number of fused-ring (bicyclic) bond motifs is 3.